The summed E-state index contributed by atoms with van der Waals surface area (Å²) in [5.74, 6) is 2.85. The average Bonchev–Trinajstić information content (AvgIpc) is 2.84. The van der Waals surface area contributed by atoms with E-state index in [-0.39, 0.29) is 0 Å². The Morgan fingerprint density at radius 2 is 0.913 bits per heavy atom. The standard InChI is InChI=1S/C11H23N.C11H22/c1-10(2,3)9-7-12(8-9)11(4,5)6;1-10(2,3)8-7-9(8)11(4,5)6/h9H,7-8H2,1-6H3;8-9H,7H2,1-6H3. The quantitative estimate of drug-likeness (QED) is 0.493. The van der Waals surface area contributed by atoms with E-state index in [1.165, 1.54) is 19.5 Å². The molecule has 2 fully saturated rings. The van der Waals surface area contributed by atoms with Crippen molar-refractivity contribution in [2.45, 2.75) is 95.0 Å². The molecule has 1 aliphatic carbocycles. The molecule has 0 spiro atoms. The minimum absolute atomic E-state index is 0.377. The van der Waals surface area contributed by atoms with E-state index in [4.69, 9.17) is 0 Å². The Balaban J connectivity index is 0.000000231. The average molecular weight is 324 g/mol. The van der Waals surface area contributed by atoms with E-state index in [1.54, 1.807) is 0 Å². The number of hydrogen-bond donors (Lipinski definition) is 0. The van der Waals surface area contributed by atoms with Crippen LogP contribution in [0.4, 0.5) is 0 Å². The normalized spacial score (nSPS) is 27.1. The van der Waals surface area contributed by atoms with Gasteiger partial charge in [-0.15, -0.1) is 0 Å². The first kappa shape index (κ1) is 21.0. The highest BCUT2D eigenvalue weighted by atomic mass is 15.2. The third-order valence-corrected chi connectivity index (χ3v) is 6.07. The summed E-state index contributed by atoms with van der Waals surface area (Å²) in [5, 5.41) is 0. The smallest absolute Gasteiger partial charge is 0.0125 e. The van der Waals surface area contributed by atoms with Gasteiger partial charge in [0.15, 0.2) is 0 Å². The lowest BCUT2D eigenvalue weighted by molar-refractivity contribution is -0.0345. The van der Waals surface area contributed by atoms with Gasteiger partial charge in [0.25, 0.3) is 0 Å². The predicted octanol–water partition coefficient (Wildman–Crippen LogP) is 6.48. The lowest BCUT2D eigenvalue weighted by Crippen LogP contribution is -2.59. The second-order valence-corrected chi connectivity index (χ2v) is 12.3. The van der Waals surface area contributed by atoms with Crippen LogP contribution in [0.1, 0.15) is 89.5 Å². The zero-order chi connectivity index (χ0) is 18.4. The number of likely N-dealkylation sites (tertiary alicyclic amines) is 1. The monoisotopic (exact) mass is 323 g/mol. The molecule has 2 rings (SSSR count). The Bertz CT molecular complexity index is 338. The summed E-state index contributed by atoms with van der Waals surface area (Å²) in [6.07, 6.45) is 1.45. The van der Waals surface area contributed by atoms with Crippen molar-refractivity contribution in [3.05, 3.63) is 0 Å². The molecule has 1 nitrogen and oxygen atoms in total. The molecule has 2 unspecified atom stereocenters. The van der Waals surface area contributed by atoms with Gasteiger partial charge >= 0.3 is 0 Å². The van der Waals surface area contributed by atoms with Crippen molar-refractivity contribution >= 4 is 0 Å². The molecule has 0 bridgehead atoms. The van der Waals surface area contributed by atoms with Crippen molar-refractivity contribution in [3.8, 4) is 0 Å². The van der Waals surface area contributed by atoms with Gasteiger partial charge in [-0.05, 0) is 61.2 Å². The van der Waals surface area contributed by atoms with Crippen LogP contribution < -0.4 is 0 Å². The van der Waals surface area contributed by atoms with Crippen molar-refractivity contribution in [2.75, 3.05) is 13.1 Å². The largest absolute Gasteiger partial charge is 0.298 e. The van der Waals surface area contributed by atoms with E-state index in [2.05, 4.69) is 88.0 Å². The second kappa shape index (κ2) is 6.36. The molecule has 1 heterocycles. The maximum absolute atomic E-state index is 2.56. The minimum atomic E-state index is 0.377. The topological polar surface area (TPSA) is 3.24 Å². The van der Waals surface area contributed by atoms with Crippen molar-refractivity contribution in [2.24, 2.45) is 34.0 Å². The van der Waals surface area contributed by atoms with E-state index in [0.29, 0.717) is 21.8 Å². The summed E-state index contributed by atoms with van der Waals surface area (Å²) in [4.78, 5) is 2.56. The van der Waals surface area contributed by atoms with Crippen molar-refractivity contribution < 1.29 is 0 Å². The van der Waals surface area contributed by atoms with Crippen LogP contribution in [0.5, 0.6) is 0 Å². The van der Waals surface area contributed by atoms with Crippen molar-refractivity contribution in [3.63, 3.8) is 0 Å². The number of nitrogens with zero attached hydrogens (tertiary/aromatic N) is 1. The Kier molecular flexibility index (Phi) is 5.80. The zero-order valence-corrected chi connectivity index (χ0v) is 18.3. The first-order valence-corrected chi connectivity index (χ1v) is 9.69. The number of rotatable bonds is 0. The van der Waals surface area contributed by atoms with Crippen LogP contribution in [0.2, 0.25) is 0 Å². The maximum Gasteiger partial charge on any atom is 0.0125 e. The fraction of sp³-hybridized carbons (Fsp3) is 1.00. The molecule has 1 saturated heterocycles. The fourth-order valence-electron chi connectivity index (χ4n) is 3.68. The molecule has 1 aliphatic heterocycles. The SMILES string of the molecule is CC(C)(C)C1CC1C(C)(C)C.CC(C)(C)C1CN(C(C)(C)C)C1. The summed E-state index contributed by atoms with van der Waals surface area (Å²) in [7, 11) is 0. The van der Waals surface area contributed by atoms with E-state index < -0.39 is 0 Å². The summed E-state index contributed by atoms with van der Waals surface area (Å²) >= 11 is 0. The van der Waals surface area contributed by atoms with Crippen LogP contribution in [0.15, 0.2) is 0 Å². The number of hydrogen-bond acceptors (Lipinski definition) is 1. The molecule has 0 aromatic heterocycles. The molecule has 1 heteroatoms. The van der Waals surface area contributed by atoms with Gasteiger partial charge in [0.2, 0.25) is 0 Å². The molecule has 1 saturated carbocycles. The van der Waals surface area contributed by atoms with Crippen LogP contribution in [0, 0.1) is 34.0 Å². The molecule has 0 radical (unpaired) electrons. The van der Waals surface area contributed by atoms with Gasteiger partial charge in [-0.2, -0.15) is 0 Å². The Morgan fingerprint density at radius 3 is 1.09 bits per heavy atom. The molecule has 0 amide bonds. The molecule has 23 heavy (non-hydrogen) atoms. The molecule has 2 aliphatic rings. The third kappa shape index (κ3) is 6.07. The minimum Gasteiger partial charge on any atom is -0.298 e. The molecule has 0 aromatic rings. The molecule has 0 aromatic carbocycles. The van der Waals surface area contributed by atoms with Gasteiger partial charge < -0.3 is 0 Å². The Hall–Kier alpha value is -0.0400. The van der Waals surface area contributed by atoms with Crippen molar-refractivity contribution in [1.29, 1.82) is 0 Å². The van der Waals surface area contributed by atoms with Gasteiger partial charge in [0, 0.05) is 18.6 Å². The summed E-state index contributed by atoms with van der Waals surface area (Å²) in [5.41, 5.74) is 1.96. The van der Waals surface area contributed by atoms with Gasteiger partial charge in [-0.3, -0.25) is 4.90 Å². The molecule has 2 atom stereocenters. The molecular weight excluding hydrogens is 278 g/mol. The Morgan fingerprint density at radius 1 is 0.565 bits per heavy atom. The highest BCUT2D eigenvalue weighted by Crippen LogP contribution is 2.58. The van der Waals surface area contributed by atoms with E-state index in [0.717, 1.165) is 17.8 Å². The first-order chi connectivity index (χ1) is 9.94. The first-order valence-electron chi connectivity index (χ1n) is 9.69. The van der Waals surface area contributed by atoms with Gasteiger partial charge in [0.1, 0.15) is 0 Å². The Labute approximate surface area is 147 Å². The third-order valence-electron chi connectivity index (χ3n) is 6.07. The lowest BCUT2D eigenvalue weighted by Gasteiger charge is -2.52. The summed E-state index contributed by atoms with van der Waals surface area (Å²) in [6, 6.07) is 0. The zero-order valence-electron chi connectivity index (χ0n) is 18.3. The predicted molar refractivity (Wildman–Crippen MR) is 105 cm³/mol. The van der Waals surface area contributed by atoms with Crippen molar-refractivity contribution in [1.82, 2.24) is 4.90 Å². The molecule has 138 valence electrons. The van der Waals surface area contributed by atoms with Crippen LogP contribution in [0.3, 0.4) is 0 Å². The van der Waals surface area contributed by atoms with Gasteiger partial charge in [-0.1, -0.05) is 62.3 Å². The van der Waals surface area contributed by atoms with Crippen LogP contribution in [0.25, 0.3) is 0 Å². The second-order valence-electron chi connectivity index (χ2n) is 12.3. The fourth-order valence-corrected chi connectivity index (χ4v) is 3.68. The highest BCUT2D eigenvalue weighted by molar-refractivity contribution is 4.99. The van der Waals surface area contributed by atoms with E-state index >= 15 is 0 Å². The maximum atomic E-state index is 2.56. The van der Waals surface area contributed by atoms with Gasteiger partial charge in [0.05, 0.1) is 0 Å². The van der Waals surface area contributed by atoms with Crippen LogP contribution >= 0.6 is 0 Å². The summed E-state index contributed by atoms with van der Waals surface area (Å²) < 4.78 is 0. The van der Waals surface area contributed by atoms with Crippen LogP contribution in [-0.4, -0.2) is 23.5 Å². The van der Waals surface area contributed by atoms with Gasteiger partial charge in [-0.25, -0.2) is 0 Å². The summed E-state index contributed by atoms with van der Waals surface area (Å²) in [6.45, 7) is 30.7. The van der Waals surface area contributed by atoms with E-state index in [9.17, 15) is 0 Å². The highest BCUT2D eigenvalue weighted by Gasteiger charge is 2.50. The molecule has 0 N–H and O–H groups in total. The van der Waals surface area contributed by atoms with E-state index in [1.807, 2.05) is 0 Å². The van der Waals surface area contributed by atoms with Crippen LogP contribution in [-0.2, 0) is 0 Å². The molecular formula is C22H45N. The lowest BCUT2D eigenvalue weighted by atomic mass is 9.74.